The number of rotatable bonds is 6. The van der Waals surface area contributed by atoms with Crippen molar-refractivity contribution >= 4 is 5.91 Å². The molecule has 0 aliphatic rings. The average molecular weight is 393 g/mol. The third-order valence-electron chi connectivity index (χ3n) is 5.14. The summed E-state index contributed by atoms with van der Waals surface area (Å²) in [6.07, 6.45) is 0.817. The lowest BCUT2D eigenvalue weighted by Gasteiger charge is -2.18. The molecule has 1 atom stereocenters. The second-order valence-corrected chi connectivity index (χ2v) is 7.20. The van der Waals surface area contributed by atoms with Crippen molar-refractivity contribution in [3.05, 3.63) is 114 Å². The first-order valence-electron chi connectivity index (χ1n) is 10.2. The second kappa shape index (κ2) is 9.19. The number of nitrogens with one attached hydrogen (secondary N) is 1. The zero-order chi connectivity index (χ0) is 20.8. The molecule has 0 fully saturated rings. The van der Waals surface area contributed by atoms with Gasteiger partial charge in [-0.1, -0.05) is 97.9 Å². The Morgan fingerprint density at radius 3 is 1.70 bits per heavy atom. The van der Waals surface area contributed by atoms with Gasteiger partial charge >= 0.3 is 0 Å². The Bertz CT molecular complexity index is 1050. The predicted molar refractivity (Wildman–Crippen MR) is 122 cm³/mol. The molecule has 0 bridgehead atoms. The number of aromatic nitrogens is 1. The molecule has 3 nitrogen and oxygen atoms in total. The van der Waals surface area contributed by atoms with E-state index in [0.29, 0.717) is 5.56 Å². The predicted octanol–water partition coefficient (Wildman–Crippen LogP) is 6.30. The summed E-state index contributed by atoms with van der Waals surface area (Å²) >= 11 is 0. The summed E-state index contributed by atoms with van der Waals surface area (Å²) in [4.78, 5) is 18.0. The van der Waals surface area contributed by atoms with Crippen molar-refractivity contribution in [1.29, 1.82) is 0 Å². The van der Waals surface area contributed by atoms with E-state index in [1.807, 2.05) is 103 Å². The van der Waals surface area contributed by atoms with Crippen LogP contribution >= 0.6 is 0 Å². The zero-order valence-electron chi connectivity index (χ0n) is 17.0. The number of nitrogens with zero attached hydrogens (tertiary/aromatic N) is 1. The van der Waals surface area contributed by atoms with Crippen LogP contribution in [0.5, 0.6) is 0 Å². The smallest absolute Gasteiger partial charge is 0.251 e. The summed E-state index contributed by atoms with van der Waals surface area (Å²) in [5, 5.41) is 3.19. The lowest BCUT2D eigenvalue weighted by atomic mass is 10.0. The van der Waals surface area contributed by atoms with Crippen LogP contribution in [-0.2, 0) is 0 Å². The van der Waals surface area contributed by atoms with Gasteiger partial charge in [-0.25, -0.2) is 4.98 Å². The molecule has 4 rings (SSSR count). The first-order valence-corrected chi connectivity index (χ1v) is 10.2. The molecule has 3 aromatic carbocycles. The highest BCUT2D eigenvalue weighted by Gasteiger charge is 2.16. The molecule has 1 heterocycles. The monoisotopic (exact) mass is 392 g/mol. The van der Waals surface area contributed by atoms with Crippen molar-refractivity contribution in [3.63, 3.8) is 0 Å². The van der Waals surface area contributed by atoms with Crippen molar-refractivity contribution in [2.75, 3.05) is 0 Å². The van der Waals surface area contributed by atoms with Crippen molar-refractivity contribution in [2.24, 2.45) is 0 Å². The van der Waals surface area contributed by atoms with Gasteiger partial charge in [-0.3, -0.25) is 4.79 Å². The Morgan fingerprint density at radius 2 is 1.23 bits per heavy atom. The van der Waals surface area contributed by atoms with Gasteiger partial charge in [-0.15, -0.1) is 0 Å². The molecule has 148 valence electrons. The zero-order valence-corrected chi connectivity index (χ0v) is 17.0. The minimum atomic E-state index is -0.0949. The highest BCUT2D eigenvalue weighted by atomic mass is 16.1. The first kappa shape index (κ1) is 19.6. The van der Waals surface area contributed by atoms with Gasteiger partial charge in [0, 0.05) is 16.7 Å². The summed E-state index contributed by atoms with van der Waals surface area (Å²) in [5.41, 5.74) is 5.26. The Kier molecular flexibility index (Phi) is 6.00. The molecular weight excluding hydrogens is 368 g/mol. The van der Waals surface area contributed by atoms with Crippen LogP contribution in [0.2, 0.25) is 0 Å². The number of pyridine rings is 1. The fourth-order valence-electron chi connectivity index (χ4n) is 3.52. The van der Waals surface area contributed by atoms with E-state index in [4.69, 9.17) is 4.98 Å². The number of benzene rings is 3. The molecule has 4 aromatic rings. The quantitative estimate of drug-likeness (QED) is 0.418. The Labute approximate surface area is 177 Å². The fourth-order valence-corrected chi connectivity index (χ4v) is 3.52. The molecule has 3 heteroatoms. The molecule has 0 radical (unpaired) electrons. The maximum Gasteiger partial charge on any atom is 0.251 e. The summed E-state index contributed by atoms with van der Waals surface area (Å²) in [5.74, 6) is -0.0949. The Hall–Kier alpha value is -3.72. The van der Waals surface area contributed by atoms with Crippen LogP contribution in [0.15, 0.2) is 103 Å². The summed E-state index contributed by atoms with van der Waals surface area (Å²) in [6, 6.07) is 33.7. The SMILES string of the molecule is CC[C@@H](NC(=O)c1cc(-c2ccccc2)nc(-c2ccccc2)c1)c1ccccc1. The normalized spacial score (nSPS) is 11.6. The molecule has 0 unspecified atom stereocenters. The lowest BCUT2D eigenvalue weighted by molar-refractivity contribution is 0.0935. The van der Waals surface area contributed by atoms with E-state index >= 15 is 0 Å². The number of carbonyl (C=O) groups excluding carboxylic acids is 1. The Balaban J connectivity index is 1.72. The summed E-state index contributed by atoms with van der Waals surface area (Å²) in [7, 11) is 0. The number of hydrogen-bond donors (Lipinski definition) is 1. The van der Waals surface area contributed by atoms with E-state index in [0.717, 1.165) is 34.5 Å². The van der Waals surface area contributed by atoms with Gasteiger partial charge in [-0.05, 0) is 24.1 Å². The van der Waals surface area contributed by atoms with Gasteiger partial charge < -0.3 is 5.32 Å². The fraction of sp³-hybridized carbons (Fsp3) is 0.111. The number of carbonyl (C=O) groups is 1. The standard InChI is InChI=1S/C27H24N2O/c1-2-24(20-12-6-3-7-13-20)29-27(30)23-18-25(21-14-8-4-9-15-21)28-26(19-23)22-16-10-5-11-17-22/h3-19,24H,2H2,1H3,(H,29,30)/t24-/m1/s1. The number of hydrogen-bond acceptors (Lipinski definition) is 2. The van der Waals surface area contributed by atoms with Crippen molar-refractivity contribution in [3.8, 4) is 22.5 Å². The van der Waals surface area contributed by atoms with E-state index in [-0.39, 0.29) is 11.9 Å². The highest BCUT2D eigenvalue weighted by Crippen LogP contribution is 2.25. The summed E-state index contributed by atoms with van der Waals surface area (Å²) < 4.78 is 0. The van der Waals surface area contributed by atoms with Crippen LogP contribution in [0, 0.1) is 0 Å². The van der Waals surface area contributed by atoms with Gasteiger partial charge in [0.1, 0.15) is 0 Å². The van der Waals surface area contributed by atoms with E-state index in [1.165, 1.54) is 0 Å². The Morgan fingerprint density at radius 1 is 0.767 bits per heavy atom. The lowest BCUT2D eigenvalue weighted by Crippen LogP contribution is -2.28. The van der Waals surface area contributed by atoms with Crippen molar-refractivity contribution in [1.82, 2.24) is 10.3 Å². The molecule has 0 aliphatic heterocycles. The van der Waals surface area contributed by atoms with Gasteiger partial charge in [0.2, 0.25) is 0 Å². The maximum atomic E-state index is 13.2. The van der Waals surface area contributed by atoms with Gasteiger partial charge in [0.25, 0.3) is 5.91 Å². The van der Waals surface area contributed by atoms with Crippen LogP contribution < -0.4 is 5.32 Å². The molecule has 30 heavy (non-hydrogen) atoms. The van der Waals surface area contributed by atoms with Crippen molar-refractivity contribution in [2.45, 2.75) is 19.4 Å². The molecule has 0 saturated carbocycles. The number of amides is 1. The largest absolute Gasteiger partial charge is 0.345 e. The van der Waals surface area contributed by atoms with Crippen LogP contribution in [0.25, 0.3) is 22.5 Å². The van der Waals surface area contributed by atoms with Crippen LogP contribution in [0.4, 0.5) is 0 Å². The maximum absolute atomic E-state index is 13.2. The molecule has 1 N–H and O–H groups in total. The molecule has 0 saturated heterocycles. The molecule has 1 aromatic heterocycles. The highest BCUT2D eigenvalue weighted by molar-refractivity contribution is 5.96. The van der Waals surface area contributed by atoms with E-state index < -0.39 is 0 Å². The second-order valence-electron chi connectivity index (χ2n) is 7.20. The van der Waals surface area contributed by atoms with Gasteiger partial charge in [0.15, 0.2) is 0 Å². The molecule has 0 aliphatic carbocycles. The van der Waals surface area contributed by atoms with Crippen LogP contribution in [0.1, 0.15) is 35.3 Å². The average Bonchev–Trinajstić information content (AvgIpc) is 2.83. The van der Waals surface area contributed by atoms with Crippen LogP contribution in [-0.4, -0.2) is 10.9 Å². The topological polar surface area (TPSA) is 42.0 Å². The molecule has 1 amide bonds. The van der Waals surface area contributed by atoms with E-state index in [1.54, 1.807) is 0 Å². The van der Waals surface area contributed by atoms with Gasteiger partial charge in [-0.2, -0.15) is 0 Å². The minimum absolute atomic E-state index is 0.0350. The minimum Gasteiger partial charge on any atom is -0.345 e. The van der Waals surface area contributed by atoms with Gasteiger partial charge in [0.05, 0.1) is 17.4 Å². The van der Waals surface area contributed by atoms with E-state index in [9.17, 15) is 4.79 Å². The third-order valence-corrected chi connectivity index (χ3v) is 5.14. The van der Waals surface area contributed by atoms with E-state index in [2.05, 4.69) is 12.2 Å². The van der Waals surface area contributed by atoms with Crippen molar-refractivity contribution < 1.29 is 4.79 Å². The van der Waals surface area contributed by atoms with Crippen LogP contribution in [0.3, 0.4) is 0 Å². The molecule has 0 spiro atoms. The third kappa shape index (κ3) is 4.47. The first-order chi connectivity index (χ1) is 14.7. The summed E-state index contributed by atoms with van der Waals surface area (Å²) in [6.45, 7) is 2.08. The molecular formula is C27H24N2O.